The molecule has 0 saturated heterocycles. The van der Waals surface area contributed by atoms with Crippen LogP contribution in [0.4, 0.5) is 19.0 Å². The molecule has 154 valence electrons. The van der Waals surface area contributed by atoms with Crippen LogP contribution in [-0.2, 0) is 6.54 Å². The Labute approximate surface area is 173 Å². The van der Waals surface area contributed by atoms with E-state index in [1.54, 1.807) is 10.7 Å². The molecule has 0 bridgehead atoms. The van der Waals surface area contributed by atoms with Gasteiger partial charge in [-0.3, -0.25) is 14.4 Å². The number of aromatic nitrogens is 4. The van der Waals surface area contributed by atoms with E-state index in [9.17, 15) is 18.0 Å². The average molecular weight is 444 g/mol. The summed E-state index contributed by atoms with van der Waals surface area (Å²) in [6, 6.07) is 1.46. The van der Waals surface area contributed by atoms with E-state index >= 15 is 0 Å². The van der Waals surface area contributed by atoms with E-state index in [1.807, 2.05) is 19.2 Å². The van der Waals surface area contributed by atoms with Crippen molar-refractivity contribution in [3.05, 3.63) is 50.6 Å². The molecule has 1 aliphatic heterocycles. The van der Waals surface area contributed by atoms with E-state index in [4.69, 9.17) is 11.6 Å². The van der Waals surface area contributed by atoms with E-state index in [-0.39, 0.29) is 24.7 Å². The third kappa shape index (κ3) is 3.55. The lowest BCUT2D eigenvalue weighted by Crippen LogP contribution is -2.42. The quantitative estimate of drug-likeness (QED) is 0.593. The predicted molar refractivity (Wildman–Crippen MR) is 104 cm³/mol. The molecule has 29 heavy (non-hydrogen) atoms. The molecular weight excluding hydrogens is 427 g/mol. The second kappa shape index (κ2) is 7.17. The van der Waals surface area contributed by atoms with Crippen molar-refractivity contribution in [2.75, 3.05) is 11.4 Å². The lowest BCUT2D eigenvalue weighted by Gasteiger charge is -2.33. The summed E-state index contributed by atoms with van der Waals surface area (Å²) in [6.07, 6.45) is -3.36. The minimum atomic E-state index is -4.41. The summed E-state index contributed by atoms with van der Waals surface area (Å²) in [5.41, 5.74) is 2.44. The number of alkyl halides is 3. The van der Waals surface area contributed by atoms with Gasteiger partial charge in [-0.05, 0) is 37.3 Å². The summed E-state index contributed by atoms with van der Waals surface area (Å²) < 4.78 is 42.4. The summed E-state index contributed by atoms with van der Waals surface area (Å²) in [5.74, 6) is -0.182. The Balaban J connectivity index is 1.56. The highest BCUT2D eigenvalue weighted by Crippen LogP contribution is 2.39. The van der Waals surface area contributed by atoms with Crippen molar-refractivity contribution in [3.8, 4) is 0 Å². The molecule has 11 heteroatoms. The number of halogens is 4. The van der Waals surface area contributed by atoms with Gasteiger partial charge in [0.1, 0.15) is 5.82 Å². The molecular formula is C18H17ClF3N5OS. The molecule has 0 aromatic carbocycles. The molecule has 0 radical (unpaired) electrons. The maximum atomic E-state index is 13.2. The zero-order valence-electron chi connectivity index (χ0n) is 15.6. The Kier molecular flexibility index (Phi) is 4.94. The van der Waals surface area contributed by atoms with Crippen LogP contribution in [0.25, 0.3) is 0 Å². The van der Waals surface area contributed by atoms with Crippen LogP contribution in [0.2, 0.25) is 5.02 Å². The highest BCUT2D eigenvalue weighted by atomic mass is 35.5. The normalized spacial score (nSPS) is 16.9. The van der Waals surface area contributed by atoms with Gasteiger partial charge in [-0.25, -0.2) is 4.68 Å². The Bertz CT molecular complexity index is 1070. The molecule has 4 rings (SSSR count). The van der Waals surface area contributed by atoms with Gasteiger partial charge < -0.3 is 0 Å². The SMILES string of the molecule is Cc1nn(Cc2csc(C(=O)N3CCC(C(F)(F)F)n4nccc43)c2)c(C)c1Cl. The van der Waals surface area contributed by atoms with Gasteiger partial charge in [0.25, 0.3) is 5.91 Å². The minimum Gasteiger partial charge on any atom is -0.292 e. The molecule has 0 spiro atoms. The van der Waals surface area contributed by atoms with Gasteiger partial charge in [-0.1, -0.05) is 11.6 Å². The largest absolute Gasteiger partial charge is 0.410 e. The first kappa shape index (κ1) is 20.0. The van der Waals surface area contributed by atoms with E-state index in [2.05, 4.69) is 10.2 Å². The number of aryl methyl sites for hydroxylation is 1. The van der Waals surface area contributed by atoms with Crippen molar-refractivity contribution in [1.29, 1.82) is 0 Å². The first-order valence-electron chi connectivity index (χ1n) is 8.86. The maximum absolute atomic E-state index is 13.2. The number of rotatable bonds is 3. The molecule has 1 unspecified atom stereocenters. The van der Waals surface area contributed by atoms with Crippen molar-refractivity contribution in [2.45, 2.75) is 39.0 Å². The third-order valence-corrected chi connectivity index (χ3v) is 6.47. The Morgan fingerprint density at radius 2 is 2.14 bits per heavy atom. The van der Waals surface area contributed by atoms with Crippen LogP contribution in [0.15, 0.2) is 23.7 Å². The summed E-state index contributed by atoms with van der Waals surface area (Å²) in [6.45, 7) is 4.13. The van der Waals surface area contributed by atoms with E-state index in [0.717, 1.165) is 21.6 Å². The zero-order valence-corrected chi connectivity index (χ0v) is 17.1. The molecule has 3 aromatic heterocycles. The molecule has 1 amide bonds. The van der Waals surface area contributed by atoms with Crippen LogP contribution in [0.1, 0.15) is 39.1 Å². The number of amides is 1. The molecule has 1 atom stereocenters. The predicted octanol–water partition coefficient (Wildman–Crippen LogP) is 4.61. The summed E-state index contributed by atoms with van der Waals surface area (Å²) in [4.78, 5) is 14.8. The van der Waals surface area contributed by atoms with Crippen LogP contribution in [0, 0.1) is 13.8 Å². The minimum absolute atomic E-state index is 0.0188. The molecule has 1 aliphatic rings. The second-order valence-electron chi connectivity index (χ2n) is 6.90. The molecule has 6 nitrogen and oxygen atoms in total. The van der Waals surface area contributed by atoms with Crippen LogP contribution >= 0.6 is 22.9 Å². The number of hydrogen-bond acceptors (Lipinski definition) is 4. The number of thiophene rings is 1. The third-order valence-electron chi connectivity index (χ3n) is 4.96. The molecule has 0 fully saturated rings. The van der Waals surface area contributed by atoms with E-state index < -0.39 is 12.2 Å². The number of carbonyl (C=O) groups is 1. The van der Waals surface area contributed by atoms with Crippen LogP contribution < -0.4 is 4.90 Å². The zero-order chi connectivity index (χ0) is 20.9. The first-order chi connectivity index (χ1) is 13.7. The van der Waals surface area contributed by atoms with Gasteiger partial charge in [-0.2, -0.15) is 23.4 Å². The Morgan fingerprint density at radius 1 is 1.38 bits per heavy atom. The average Bonchev–Trinajstić information content (AvgIpc) is 3.37. The van der Waals surface area contributed by atoms with Crippen molar-refractivity contribution in [2.24, 2.45) is 0 Å². The van der Waals surface area contributed by atoms with Gasteiger partial charge in [0.2, 0.25) is 0 Å². The summed E-state index contributed by atoms with van der Waals surface area (Å²) >= 11 is 7.43. The topological polar surface area (TPSA) is 56.0 Å². The second-order valence-corrected chi connectivity index (χ2v) is 8.19. The van der Waals surface area contributed by atoms with E-state index in [0.29, 0.717) is 16.4 Å². The monoisotopic (exact) mass is 443 g/mol. The first-order valence-corrected chi connectivity index (χ1v) is 10.1. The lowest BCUT2D eigenvalue weighted by molar-refractivity contribution is -0.172. The number of hydrogen-bond donors (Lipinski definition) is 0. The summed E-state index contributed by atoms with van der Waals surface area (Å²) in [5, 5.41) is 10.6. The van der Waals surface area contributed by atoms with Gasteiger partial charge in [-0.15, -0.1) is 11.3 Å². The fourth-order valence-electron chi connectivity index (χ4n) is 3.46. The van der Waals surface area contributed by atoms with Gasteiger partial charge in [0.15, 0.2) is 6.04 Å². The molecule has 3 aromatic rings. The number of anilines is 1. The van der Waals surface area contributed by atoms with Crippen LogP contribution in [-0.4, -0.2) is 38.2 Å². The smallest absolute Gasteiger partial charge is 0.292 e. The van der Waals surface area contributed by atoms with Gasteiger partial charge in [0.05, 0.1) is 34.0 Å². The van der Waals surface area contributed by atoms with Gasteiger partial charge >= 0.3 is 6.18 Å². The fourth-order valence-corrected chi connectivity index (χ4v) is 4.45. The fraction of sp³-hybridized carbons (Fsp3) is 0.389. The highest BCUT2D eigenvalue weighted by Gasteiger charge is 2.46. The van der Waals surface area contributed by atoms with Crippen molar-refractivity contribution in [3.63, 3.8) is 0 Å². The van der Waals surface area contributed by atoms with E-state index in [1.165, 1.54) is 28.5 Å². The maximum Gasteiger partial charge on any atom is 0.410 e. The van der Waals surface area contributed by atoms with Gasteiger partial charge in [0, 0.05) is 12.6 Å². The van der Waals surface area contributed by atoms with Crippen molar-refractivity contribution in [1.82, 2.24) is 19.6 Å². The Morgan fingerprint density at radius 3 is 2.79 bits per heavy atom. The summed E-state index contributed by atoms with van der Waals surface area (Å²) in [7, 11) is 0. The Hall–Kier alpha value is -2.33. The van der Waals surface area contributed by atoms with Crippen LogP contribution in [0.5, 0.6) is 0 Å². The molecule has 0 saturated carbocycles. The molecule has 0 N–H and O–H groups in total. The highest BCUT2D eigenvalue weighted by molar-refractivity contribution is 7.12. The lowest BCUT2D eigenvalue weighted by atomic mass is 10.1. The molecule has 4 heterocycles. The molecule has 0 aliphatic carbocycles. The van der Waals surface area contributed by atoms with Crippen molar-refractivity contribution >= 4 is 34.7 Å². The number of fused-ring (bicyclic) bond motifs is 1. The van der Waals surface area contributed by atoms with Crippen LogP contribution in [0.3, 0.4) is 0 Å². The standard InChI is InChI=1S/C18H17ClF3N5OS/c1-10-16(19)11(2)26(24-10)8-12-7-13(29-9-12)17(28)25-6-4-14(18(20,21)22)27-15(25)3-5-23-27/h3,5,7,9,14H,4,6,8H2,1-2H3. The van der Waals surface area contributed by atoms with Crippen molar-refractivity contribution < 1.29 is 18.0 Å². The number of nitrogens with zero attached hydrogens (tertiary/aromatic N) is 5. The number of carbonyl (C=O) groups excluding carboxylic acids is 1.